The monoisotopic (exact) mass is 413 g/mol. The van der Waals surface area contributed by atoms with E-state index in [0.717, 1.165) is 24.8 Å². The number of carbonyl (C=O) groups excluding carboxylic acids is 1. The number of aromatic nitrogens is 2. The Balaban J connectivity index is 1.54. The topological polar surface area (TPSA) is 77.2 Å². The number of nitrogens with zero attached hydrogens (tertiary/aromatic N) is 2. The van der Waals surface area contributed by atoms with E-state index >= 15 is 0 Å². The van der Waals surface area contributed by atoms with Gasteiger partial charge in [-0.25, -0.2) is 4.79 Å². The van der Waals surface area contributed by atoms with Crippen LogP contribution in [-0.4, -0.2) is 21.8 Å². The average molecular weight is 414 g/mol. The summed E-state index contributed by atoms with van der Waals surface area (Å²) in [6, 6.07) is 8.37. The molecule has 3 rings (SSSR count). The summed E-state index contributed by atoms with van der Waals surface area (Å²) in [6.07, 6.45) is 10.0. The molecule has 0 atom stereocenters. The molecule has 1 amide bonds. The summed E-state index contributed by atoms with van der Waals surface area (Å²) in [5, 5.41) is 7.03. The Morgan fingerprint density at radius 2 is 1.77 bits per heavy atom. The van der Waals surface area contributed by atoms with E-state index in [-0.39, 0.29) is 0 Å². The van der Waals surface area contributed by atoms with Gasteiger partial charge in [0.05, 0.1) is 0 Å². The molecule has 0 unspecified atom stereocenters. The van der Waals surface area contributed by atoms with Gasteiger partial charge >= 0.3 is 6.09 Å². The molecule has 1 saturated carbocycles. The van der Waals surface area contributed by atoms with Crippen molar-refractivity contribution in [3.63, 3.8) is 0 Å². The number of ether oxygens (including phenoxy) is 1. The predicted molar refractivity (Wildman–Crippen MR) is 117 cm³/mol. The number of amides is 1. The maximum atomic E-state index is 12.1. The normalized spacial score (nSPS) is 15.1. The zero-order chi connectivity index (χ0) is 21.6. The molecule has 1 heterocycles. The zero-order valence-corrected chi connectivity index (χ0v) is 18.8. The molecule has 6 nitrogen and oxygen atoms in total. The van der Waals surface area contributed by atoms with Crippen molar-refractivity contribution in [1.82, 2.24) is 15.5 Å². The van der Waals surface area contributed by atoms with Crippen LogP contribution < -0.4 is 5.32 Å². The van der Waals surface area contributed by atoms with Crippen LogP contribution in [0, 0.1) is 0 Å². The Morgan fingerprint density at radius 3 is 2.40 bits per heavy atom. The molecule has 0 radical (unpaired) electrons. The fraction of sp³-hybridized carbons (Fsp3) is 0.625. The summed E-state index contributed by atoms with van der Waals surface area (Å²) in [6.45, 7) is 7.77. The highest BCUT2D eigenvalue weighted by Gasteiger charge is 2.51. The van der Waals surface area contributed by atoms with Crippen LogP contribution in [0.3, 0.4) is 0 Å². The number of hydrogen-bond donors (Lipinski definition) is 1. The third kappa shape index (κ3) is 6.31. The van der Waals surface area contributed by atoms with Crippen LogP contribution >= 0.6 is 0 Å². The summed E-state index contributed by atoms with van der Waals surface area (Å²) in [4.78, 5) is 16.7. The van der Waals surface area contributed by atoms with Gasteiger partial charge in [0.2, 0.25) is 5.82 Å². The highest BCUT2D eigenvalue weighted by molar-refractivity contribution is 5.69. The van der Waals surface area contributed by atoms with Crippen molar-refractivity contribution in [2.24, 2.45) is 0 Å². The molecule has 2 aromatic rings. The SMILES string of the molecule is CCCCCCCCc1ccc(-c2noc(C3(NC(=O)OC(C)(C)C)CC3)n2)cc1. The lowest BCUT2D eigenvalue weighted by atomic mass is 10.0. The molecule has 1 aromatic heterocycles. The van der Waals surface area contributed by atoms with Crippen LogP contribution in [-0.2, 0) is 16.7 Å². The molecular formula is C24H35N3O3. The van der Waals surface area contributed by atoms with E-state index < -0.39 is 17.2 Å². The Hall–Kier alpha value is -2.37. The summed E-state index contributed by atoms with van der Waals surface area (Å²) in [7, 11) is 0. The summed E-state index contributed by atoms with van der Waals surface area (Å²) in [5.74, 6) is 0.993. The number of aryl methyl sites for hydroxylation is 1. The number of nitrogens with one attached hydrogen (secondary N) is 1. The molecule has 30 heavy (non-hydrogen) atoms. The molecule has 0 saturated heterocycles. The molecule has 0 bridgehead atoms. The fourth-order valence-electron chi connectivity index (χ4n) is 3.48. The van der Waals surface area contributed by atoms with Crippen LogP contribution in [0.2, 0.25) is 0 Å². The minimum Gasteiger partial charge on any atom is -0.444 e. The second-order valence-electron chi connectivity index (χ2n) is 9.35. The van der Waals surface area contributed by atoms with Crippen LogP contribution in [0.25, 0.3) is 11.4 Å². The Kier molecular flexibility index (Phi) is 7.16. The van der Waals surface area contributed by atoms with Crippen molar-refractivity contribution in [1.29, 1.82) is 0 Å². The minimum atomic E-state index is -0.592. The lowest BCUT2D eigenvalue weighted by molar-refractivity contribution is 0.0483. The Morgan fingerprint density at radius 1 is 1.10 bits per heavy atom. The van der Waals surface area contributed by atoms with Crippen molar-refractivity contribution < 1.29 is 14.1 Å². The third-order valence-electron chi connectivity index (χ3n) is 5.36. The van der Waals surface area contributed by atoms with Gasteiger partial charge in [0.1, 0.15) is 11.1 Å². The van der Waals surface area contributed by atoms with E-state index in [9.17, 15) is 4.79 Å². The maximum Gasteiger partial charge on any atom is 0.408 e. The molecule has 1 aliphatic carbocycles. The smallest absolute Gasteiger partial charge is 0.408 e. The van der Waals surface area contributed by atoms with Crippen molar-refractivity contribution in [2.75, 3.05) is 0 Å². The zero-order valence-electron chi connectivity index (χ0n) is 18.8. The van der Waals surface area contributed by atoms with Crippen molar-refractivity contribution >= 4 is 6.09 Å². The van der Waals surface area contributed by atoms with E-state index in [1.807, 2.05) is 32.9 Å². The number of unbranched alkanes of at least 4 members (excludes halogenated alkanes) is 5. The molecular weight excluding hydrogens is 378 g/mol. The van der Waals surface area contributed by atoms with Crippen molar-refractivity contribution in [3.8, 4) is 11.4 Å². The minimum absolute atomic E-state index is 0.444. The van der Waals surface area contributed by atoms with Gasteiger partial charge in [-0.05, 0) is 52.0 Å². The number of carbonyl (C=O) groups is 1. The van der Waals surface area contributed by atoms with Gasteiger partial charge in [-0.15, -0.1) is 0 Å². The first-order valence-corrected chi connectivity index (χ1v) is 11.3. The van der Waals surface area contributed by atoms with Crippen molar-refractivity contribution in [3.05, 3.63) is 35.7 Å². The van der Waals surface area contributed by atoms with E-state index in [4.69, 9.17) is 9.26 Å². The van der Waals surface area contributed by atoms with Gasteiger partial charge in [-0.3, -0.25) is 0 Å². The van der Waals surface area contributed by atoms with Gasteiger partial charge in [0.15, 0.2) is 0 Å². The number of benzene rings is 1. The number of rotatable bonds is 10. The Labute approximate surface area is 179 Å². The van der Waals surface area contributed by atoms with Crippen LogP contribution in [0.4, 0.5) is 4.79 Å². The van der Waals surface area contributed by atoms with Crippen LogP contribution in [0.5, 0.6) is 0 Å². The third-order valence-corrected chi connectivity index (χ3v) is 5.36. The van der Waals surface area contributed by atoms with Crippen LogP contribution in [0.1, 0.15) is 90.5 Å². The highest BCUT2D eigenvalue weighted by atomic mass is 16.6. The summed E-state index contributed by atoms with van der Waals surface area (Å²) < 4.78 is 10.8. The number of hydrogen-bond acceptors (Lipinski definition) is 5. The van der Waals surface area contributed by atoms with E-state index in [2.05, 4.69) is 34.5 Å². The fourth-order valence-corrected chi connectivity index (χ4v) is 3.48. The van der Waals surface area contributed by atoms with E-state index in [1.165, 1.54) is 44.1 Å². The lowest BCUT2D eigenvalue weighted by Crippen LogP contribution is -2.39. The van der Waals surface area contributed by atoms with Gasteiger partial charge in [0.25, 0.3) is 5.89 Å². The second-order valence-corrected chi connectivity index (χ2v) is 9.35. The molecule has 0 aliphatic heterocycles. The van der Waals surface area contributed by atoms with E-state index in [1.54, 1.807) is 0 Å². The van der Waals surface area contributed by atoms with Gasteiger partial charge in [-0.2, -0.15) is 4.98 Å². The average Bonchev–Trinajstić information content (AvgIpc) is 3.27. The molecule has 1 aliphatic rings. The summed E-state index contributed by atoms with van der Waals surface area (Å²) >= 11 is 0. The van der Waals surface area contributed by atoms with Gasteiger partial charge in [-0.1, -0.05) is 68.4 Å². The maximum absolute atomic E-state index is 12.1. The largest absolute Gasteiger partial charge is 0.444 e. The highest BCUT2D eigenvalue weighted by Crippen LogP contribution is 2.45. The number of alkyl carbamates (subject to hydrolysis) is 1. The first-order chi connectivity index (χ1) is 14.3. The standard InChI is InChI=1S/C24H35N3O3/c1-5-6-7-8-9-10-11-18-12-14-19(15-13-18)20-25-21(30-27-20)24(16-17-24)26-22(28)29-23(2,3)4/h12-15H,5-11,16-17H2,1-4H3,(H,26,28). The molecule has 1 aromatic carbocycles. The van der Waals surface area contributed by atoms with Crippen LogP contribution in [0.15, 0.2) is 28.8 Å². The van der Waals surface area contributed by atoms with Gasteiger partial charge < -0.3 is 14.6 Å². The molecule has 0 spiro atoms. The quantitative estimate of drug-likeness (QED) is 0.472. The molecule has 6 heteroatoms. The molecule has 1 N–H and O–H groups in total. The van der Waals surface area contributed by atoms with Gasteiger partial charge in [0, 0.05) is 5.56 Å². The first-order valence-electron chi connectivity index (χ1n) is 11.3. The Bertz CT molecular complexity index is 817. The first kappa shape index (κ1) is 22.3. The predicted octanol–water partition coefficient (Wildman–Crippen LogP) is 6.15. The second kappa shape index (κ2) is 9.63. The molecule has 164 valence electrons. The molecule has 1 fully saturated rings. The van der Waals surface area contributed by atoms with E-state index in [0.29, 0.717) is 11.7 Å². The lowest BCUT2D eigenvalue weighted by Gasteiger charge is -2.21. The van der Waals surface area contributed by atoms with Crippen molar-refractivity contribution in [2.45, 2.75) is 96.6 Å². The summed E-state index contributed by atoms with van der Waals surface area (Å²) in [5.41, 5.74) is 1.12.